The van der Waals surface area contributed by atoms with E-state index in [-0.39, 0.29) is 5.91 Å². The summed E-state index contributed by atoms with van der Waals surface area (Å²) in [4.78, 5) is 15.8. The Morgan fingerprint density at radius 2 is 2.28 bits per heavy atom. The Kier molecular flexibility index (Phi) is 6.05. The molecule has 0 aromatic rings. The standard InChI is InChI=1S/C13H27N3O2/c1-13(18)6-3-9-16(11-13)10-5-12(17)15(2)8-4-7-14/h18H,3-11,14H2,1-2H3. The van der Waals surface area contributed by atoms with Gasteiger partial charge in [0.25, 0.3) is 0 Å². The smallest absolute Gasteiger partial charge is 0.223 e. The van der Waals surface area contributed by atoms with Crippen molar-refractivity contribution in [2.45, 2.75) is 38.2 Å². The van der Waals surface area contributed by atoms with Crippen molar-refractivity contribution < 1.29 is 9.90 Å². The number of aliphatic hydroxyl groups is 1. The summed E-state index contributed by atoms with van der Waals surface area (Å²) < 4.78 is 0. The van der Waals surface area contributed by atoms with Gasteiger partial charge >= 0.3 is 0 Å². The highest BCUT2D eigenvalue weighted by atomic mass is 16.3. The zero-order valence-electron chi connectivity index (χ0n) is 11.7. The third-order valence-corrected chi connectivity index (χ3v) is 3.52. The number of piperidine rings is 1. The largest absolute Gasteiger partial charge is 0.389 e. The minimum absolute atomic E-state index is 0.161. The first kappa shape index (κ1) is 15.4. The molecule has 0 bridgehead atoms. The first-order chi connectivity index (χ1) is 8.44. The van der Waals surface area contributed by atoms with Crippen molar-refractivity contribution in [2.24, 2.45) is 5.73 Å². The molecule has 0 aromatic carbocycles. The number of amides is 1. The quantitative estimate of drug-likeness (QED) is 0.704. The molecule has 1 atom stereocenters. The number of nitrogens with two attached hydrogens (primary N) is 1. The van der Waals surface area contributed by atoms with Gasteiger partial charge in [0.1, 0.15) is 0 Å². The normalized spacial score (nSPS) is 25.1. The molecule has 5 nitrogen and oxygen atoms in total. The minimum atomic E-state index is -0.591. The molecule has 1 unspecified atom stereocenters. The number of likely N-dealkylation sites (tertiary alicyclic amines) is 1. The number of carbonyl (C=O) groups is 1. The Balaban J connectivity index is 2.25. The predicted molar refractivity (Wildman–Crippen MR) is 72.2 cm³/mol. The van der Waals surface area contributed by atoms with Crippen molar-refractivity contribution >= 4 is 5.91 Å². The Bertz CT molecular complexity index is 269. The molecule has 1 rings (SSSR count). The predicted octanol–water partition coefficient (Wildman–Crippen LogP) is 0.0305. The van der Waals surface area contributed by atoms with Gasteiger partial charge in [-0.3, -0.25) is 9.69 Å². The lowest BCUT2D eigenvalue weighted by atomic mass is 9.95. The van der Waals surface area contributed by atoms with Crippen molar-refractivity contribution in [3.8, 4) is 0 Å². The number of nitrogens with zero attached hydrogens (tertiary/aromatic N) is 2. The fraction of sp³-hybridized carbons (Fsp3) is 0.923. The molecule has 18 heavy (non-hydrogen) atoms. The first-order valence-electron chi connectivity index (χ1n) is 6.83. The van der Waals surface area contributed by atoms with Crippen LogP contribution < -0.4 is 5.73 Å². The maximum atomic E-state index is 11.8. The maximum absolute atomic E-state index is 11.8. The van der Waals surface area contributed by atoms with Crippen molar-refractivity contribution in [1.29, 1.82) is 0 Å². The van der Waals surface area contributed by atoms with Crippen molar-refractivity contribution in [2.75, 3.05) is 39.8 Å². The van der Waals surface area contributed by atoms with Crippen LogP contribution in [0, 0.1) is 0 Å². The molecule has 0 aromatic heterocycles. The summed E-state index contributed by atoms with van der Waals surface area (Å²) in [5, 5.41) is 9.98. The summed E-state index contributed by atoms with van der Waals surface area (Å²) >= 11 is 0. The summed E-state index contributed by atoms with van der Waals surface area (Å²) in [5.74, 6) is 0.161. The van der Waals surface area contributed by atoms with E-state index in [1.165, 1.54) is 0 Å². The van der Waals surface area contributed by atoms with Gasteiger partial charge in [0.15, 0.2) is 0 Å². The van der Waals surface area contributed by atoms with E-state index >= 15 is 0 Å². The molecule has 0 spiro atoms. The minimum Gasteiger partial charge on any atom is -0.389 e. The highest BCUT2D eigenvalue weighted by Crippen LogP contribution is 2.20. The highest BCUT2D eigenvalue weighted by molar-refractivity contribution is 5.76. The van der Waals surface area contributed by atoms with Crippen LogP contribution in [0.3, 0.4) is 0 Å². The van der Waals surface area contributed by atoms with Crippen molar-refractivity contribution in [3.05, 3.63) is 0 Å². The molecule has 3 N–H and O–H groups in total. The van der Waals surface area contributed by atoms with Gasteiger partial charge in [-0.2, -0.15) is 0 Å². The molecule has 5 heteroatoms. The Morgan fingerprint density at radius 3 is 2.89 bits per heavy atom. The zero-order chi connectivity index (χ0) is 13.6. The Morgan fingerprint density at radius 1 is 1.56 bits per heavy atom. The van der Waals surface area contributed by atoms with Gasteiger partial charge in [-0.25, -0.2) is 0 Å². The summed E-state index contributed by atoms with van der Waals surface area (Å²) in [6.45, 7) is 5.61. The van der Waals surface area contributed by atoms with Crippen LogP contribution >= 0.6 is 0 Å². The van der Waals surface area contributed by atoms with Gasteiger partial charge in [0.05, 0.1) is 5.60 Å². The lowest BCUT2D eigenvalue weighted by Crippen LogP contribution is -2.47. The molecule has 1 aliphatic rings. The van der Waals surface area contributed by atoms with Gasteiger partial charge in [0.2, 0.25) is 5.91 Å². The highest BCUT2D eigenvalue weighted by Gasteiger charge is 2.28. The van der Waals surface area contributed by atoms with E-state index in [9.17, 15) is 9.90 Å². The number of β-amino-alcohol motifs (C(OH)–C–C–N with tert-alkyl or cyclic N) is 1. The first-order valence-corrected chi connectivity index (χ1v) is 6.83. The van der Waals surface area contributed by atoms with Crippen LogP contribution in [0.5, 0.6) is 0 Å². The molecule has 0 radical (unpaired) electrons. The summed E-state index contributed by atoms with van der Waals surface area (Å²) in [6.07, 6.45) is 3.23. The second-order valence-electron chi connectivity index (χ2n) is 5.58. The van der Waals surface area contributed by atoms with Gasteiger partial charge in [0, 0.05) is 33.1 Å². The molecular weight excluding hydrogens is 230 g/mol. The van der Waals surface area contributed by atoms with Gasteiger partial charge in [-0.15, -0.1) is 0 Å². The maximum Gasteiger partial charge on any atom is 0.223 e. The van der Waals surface area contributed by atoms with Crippen LogP contribution in [-0.4, -0.2) is 66.2 Å². The molecule has 0 aliphatic carbocycles. The lowest BCUT2D eigenvalue weighted by molar-refractivity contribution is -0.130. The van der Waals surface area contributed by atoms with E-state index in [0.29, 0.717) is 19.5 Å². The second kappa shape index (κ2) is 7.07. The average Bonchev–Trinajstić information content (AvgIpc) is 2.31. The van der Waals surface area contributed by atoms with Crippen molar-refractivity contribution in [3.63, 3.8) is 0 Å². The number of hydrogen-bond acceptors (Lipinski definition) is 4. The van der Waals surface area contributed by atoms with E-state index in [0.717, 1.165) is 38.9 Å². The van der Waals surface area contributed by atoms with E-state index in [2.05, 4.69) is 4.90 Å². The molecule has 1 aliphatic heterocycles. The summed E-state index contributed by atoms with van der Waals surface area (Å²) in [6, 6.07) is 0. The molecule has 106 valence electrons. The van der Waals surface area contributed by atoms with Crippen LogP contribution in [0.1, 0.15) is 32.6 Å². The number of rotatable bonds is 6. The molecule has 1 fully saturated rings. The Hall–Kier alpha value is -0.650. The summed E-state index contributed by atoms with van der Waals surface area (Å²) in [5.41, 5.74) is 4.83. The fourth-order valence-electron chi connectivity index (χ4n) is 2.41. The zero-order valence-corrected chi connectivity index (χ0v) is 11.7. The molecule has 1 heterocycles. The van der Waals surface area contributed by atoms with Crippen molar-refractivity contribution in [1.82, 2.24) is 9.80 Å². The van der Waals surface area contributed by atoms with Crippen LogP contribution in [-0.2, 0) is 4.79 Å². The van der Waals surface area contributed by atoms with E-state index in [1.807, 2.05) is 14.0 Å². The van der Waals surface area contributed by atoms with Crippen LogP contribution in [0.15, 0.2) is 0 Å². The molecular formula is C13H27N3O2. The number of hydrogen-bond donors (Lipinski definition) is 2. The van der Waals surface area contributed by atoms with Gasteiger partial charge in [-0.1, -0.05) is 0 Å². The topological polar surface area (TPSA) is 69.8 Å². The fourth-order valence-corrected chi connectivity index (χ4v) is 2.41. The third-order valence-electron chi connectivity index (χ3n) is 3.52. The number of carbonyl (C=O) groups excluding carboxylic acids is 1. The molecule has 1 saturated heterocycles. The molecule has 0 saturated carbocycles. The SMILES string of the molecule is CN(CCCN)C(=O)CCN1CCCC(C)(O)C1. The van der Waals surface area contributed by atoms with E-state index in [4.69, 9.17) is 5.73 Å². The third kappa shape index (κ3) is 5.33. The Labute approximate surface area is 110 Å². The monoisotopic (exact) mass is 257 g/mol. The second-order valence-corrected chi connectivity index (χ2v) is 5.58. The summed E-state index contributed by atoms with van der Waals surface area (Å²) in [7, 11) is 1.82. The van der Waals surface area contributed by atoms with Crippen LogP contribution in [0.2, 0.25) is 0 Å². The molecule has 1 amide bonds. The van der Waals surface area contributed by atoms with Gasteiger partial charge in [-0.05, 0) is 39.3 Å². The van der Waals surface area contributed by atoms with Crippen LogP contribution in [0.25, 0.3) is 0 Å². The van der Waals surface area contributed by atoms with E-state index in [1.54, 1.807) is 4.90 Å². The van der Waals surface area contributed by atoms with Crippen LogP contribution in [0.4, 0.5) is 0 Å². The lowest BCUT2D eigenvalue weighted by Gasteiger charge is -2.36. The van der Waals surface area contributed by atoms with Gasteiger partial charge < -0.3 is 15.7 Å². The van der Waals surface area contributed by atoms with E-state index < -0.39 is 5.60 Å². The average molecular weight is 257 g/mol.